The van der Waals surface area contributed by atoms with E-state index in [1.165, 1.54) is 5.56 Å². The molecule has 0 fully saturated rings. The molecule has 1 atom stereocenters. The minimum Gasteiger partial charge on any atom is -0.370 e. The van der Waals surface area contributed by atoms with Crippen LogP contribution < -0.4 is 10.2 Å². The summed E-state index contributed by atoms with van der Waals surface area (Å²) in [5, 5.41) is 3.18. The first-order valence-electron chi connectivity index (χ1n) is 5.38. The minimum atomic E-state index is -0.147. The number of halogens is 1. The van der Waals surface area contributed by atoms with Gasteiger partial charge in [-0.05, 0) is 37.6 Å². The van der Waals surface area contributed by atoms with E-state index in [1.807, 2.05) is 20.2 Å². The summed E-state index contributed by atoms with van der Waals surface area (Å²) in [5.41, 5.74) is 2.30. The number of aryl methyl sites for hydroxylation is 1. The zero-order chi connectivity index (χ0) is 10.8. The third kappa shape index (κ3) is 1.97. The lowest BCUT2D eigenvalue weighted by atomic mass is 9.96. The molecule has 1 aromatic carbocycles. The van der Waals surface area contributed by atoms with Crippen LogP contribution in [0.25, 0.3) is 0 Å². The molecule has 0 radical (unpaired) electrons. The second kappa shape index (κ2) is 4.19. The summed E-state index contributed by atoms with van der Waals surface area (Å²) in [4.78, 5) is 2.18. The van der Waals surface area contributed by atoms with Gasteiger partial charge in [0.05, 0.1) is 0 Å². The maximum Gasteiger partial charge on any atom is 0.125 e. The molecule has 82 valence electrons. The van der Waals surface area contributed by atoms with Crippen LogP contribution in [0, 0.1) is 5.82 Å². The second-order valence-electron chi connectivity index (χ2n) is 4.13. The fourth-order valence-electron chi connectivity index (χ4n) is 2.26. The van der Waals surface area contributed by atoms with Crippen molar-refractivity contribution in [1.29, 1.82) is 0 Å². The van der Waals surface area contributed by atoms with Gasteiger partial charge in [0, 0.05) is 25.3 Å². The summed E-state index contributed by atoms with van der Waals surface area (Å²) in [6.07, 6.45) is 2.18. The van der Waals surface area contributed by atoms with E-state index in [4.69, 9.17) is 0 Å². The van der Waals surface area contributed by atoms with E-state index in [2.05, 4.69) is 10.2 Å². The van der Waals surface area contributed by atoms with E-state index < -0.39 is 0 Å². The molecule has 1 aliphatic rings. The Morgan fingerprint density at radius 1 is 1.53 bits per heavy atom. The Morgan fingerprint density at radius 2 is 2.33 bits per heavy atom. The van der Waals surface area contributed by atoms with Crippen molar-refractivity contribution in [2.24, 2.45) is 0 Å². The van der Waals surface area contributed by atoms with Crippen LogP contribution >= 0.6 is 0 Å². The first-order chi connectivity index (χ1) is 7.22. The van der Waals surface area contributed by atoms with Crippen LogP contribution in [-0.2, 0) is 6.42 Å². The van der Waals surface area contributed by atoms with Gasteiger partial charge in [0.25, 0.3) is 0 Å². The number of benzene rings is 1. The molecule has 1 heterocycles. The largest absolute Gasteiger partial charge is 0.370 e. The third-order valence-electron chi connectivity index (χ3n) is 3.16. The first-order valence-corrected chi connectivity index (χ1v) is 5.38. The molecule has 15 heavy (non-hydrogen) atoms. The predicted molar refractivity (Wildman–Crippen MR) is 60.8 cm³/mol. The molecule has 1 aromatic rings. The van der Waals surface area contributed by atoms with E-state index >= 15 is 0 Å². The number of rotatable bonds is 2. The van der Waals surface area contributed by atoms with Crippen LogP contribution in [0.5, 0.6) is 0 Å². The van der Waals surface area contributed by atoms with Gasteiger partial charge in [-0.15, -0.1) is 0 Å². The average Bonchev–Trinajstić information content (AvgIpc) is 2.23. The fourth-order valence-corrected chi connectivity index (χ4v) is 2.26. The number of fused-ring (bicyclic) bond motifs is 1. The van der Waals surface area contributed by atoms with E-state index in [-0.39, 0.29) is 5.82 Å². The Morgan fingerprint density at radius 3 is 3.07 bits per heavy atom. The highest BCUT2D eigenvalue weighted by molar-refractivity contribution is 5.56. The van der Waals surface area contributed by atoms with Crippen molar-refractivity contribution in [2.75, 3.05) is 25.5 Å². The fraction of sp³-hybridized carbons (Fsp3) is 0.500. The molecule has 0 spiro atoms. The van der Waals surface area contributed by atoms with Gasteiger partial charge in [0.2, 0.25) is 0 Å². The summed E-state index contributed by atoms with van der Waals surface area (Å²) in [6.45, 7) is 0.951. The van der Waals surface area contributed by atoms with E-state index in [9.17, 15) is 4.39 Å². The molecular weight excluding hydrogens is 191 g/mol. The smallest absolute Gasteiger partial charge is 0.125 e. The monoisotopic (exact) mass is 208 g/mol. The highest BCUT2D eigenvalue weighted by Gasteiger charge is 2.22. The molecule has 3 heteroatoms. The molecule has 2 rings (SSSR count). The van der Waals surface area contributed by atoms with Gasteiger partial charge in [-0.25, -0.2) is 4.39 Å². The third-order valence-corrected chi connectivity index (χ3v) is 3.16. The number of likely N-dealkylation sites (N-methyl/N-ethyl adjacent to an activating group) is 2. The van der Waals surface area contributed by atoms with Crippen molar-refractivity contribution in [1.82, 2.24) is 5.32 Å². The molecular formula is C12H17FN2. The molecule has 0 aromatic heterocycles. The van der Waals surface area contributed by atoms with Gasteiger partial charge in [-0.1, -0.05) is 6.07 Å². The van der Waals surface area contributed by atoms with Gasteiger partial charge in [0.15, 0.2) is 0 Å². The highest BCUT2D eigenvalue weighted by atomic mass is 19.1. The molecule has 2 nitrogen and oxygen atoms in total. The first kappa shape index (κ1) is 10.4. The van der Waals surface area contributed by atoms with Crippen molar-refractivity contribution < 1.29 is 4.39 Å². The Kier molecular flexibility index (Phi) is 2.91. The maximum absolute atomic E-state index is 13.1. The number of nitrogens with one attached hydrogen (secondary N) is 1. The number of hydrogen-bond acceptors (Lipinski definition) is 2. The van der Waals surface area contributed by atoms with E-state index in [0.717, 1.165) is 25.1 Å². The van der Waals surface area contributed by atoms with Crippen molar-refractivity contribution >= 4 is 5.69 Å². The molecule has 0 bridgehead atoms. The van der Waals surface area contributed by atoms with Crippen LogP contribution in [0.3, 0.4) is 0 Å². The number of nitrogens with zero attached hydrogens (tertiary/aromatic N) is 1. The van der Waals surface area contributed by atoms with Crippen LogP contribution in [0.4, 0.5) is 10.1 Å². The van der Waals surface area contributed by atoms with Crippen LogP contribution in [0.1, 0.15) is 12.0 Å². The van der Waals surface area contributed by atoms with Crippen molar-refractivity contribution in [2.45, 2.75) is 18.9 Å². The molecule has 0 amide bonds. The minimum absolute atomic E-state index is 0.147. The topological polar surface area (TPSA) is 15.3 Å². The average molecular weight is 208 g/mol. The number of hydrogen-bond donors (Lipinski definition) is 1. The van der Waals surface area contributed by atoms with Crippen molar-refractivity contribution in [3.8, 4) is 0 Å². The maximum atomic E-state index is 13.1. The quantitative estimate of drug-likeness (QED) is 0.797. The standard InChI is InChI=1S/C12H17FN2/c1-14-8-11-6-4-9-3-5-10(13)7-12(9)15(11)2/h3,5,7,11,14H,4,6,8H2,1-2H3. The van der Waals surface area contributed by atoms with Gasteiger partial charge < -0.3 is 10.2 Å². The van der Waals surface area contributed by atoms with Crippen molar-refractivity contribution in [3.63, 3.8) is 0 Å². The second-order valence-corrected chi connectivity index (χ2v) is 4.13. The number of anilines is 1. The zero-order valence-electron chi connectivity index (χ0n) is 9.26. The predicted octanol–water partition coefficient (Wildman–Crippen LogP) is 1.80. The Labute approximate surface area is 90.1 Å². The molecule has 0 saturated carbocycles. The Balaban J connectivity index is 2.28. The summed E-state index contributed by atoms with van der Waals surface area (Å²) < 4.78 is 13.1. The van der Waals surface area contributed by atoms with Crippen molar-refractivity contribution in [3.05, 3.63) is 29.6 Å². The lowest BCUT2D eigenvalue weighted by molar-refractivity contribution is 0.527. The van der Waals surface area contributed by atoms with Crippen LogP contribution in [0.15, 0.2) is 18.2 Å². The Bertz CT molecular complexity index is 351. The molecule has 0 aliphatic carbocycles. The van der Waals surface area contributed by atoms with Gasteiger partial charge in [-0.2, -0.15) is 0 Å². The SMILES string of the molecule is CNCC1CCc2ccc(F)cc2N1C. The summed E-state index contributed by atoms with van der Waals surface area (Å²) in [7, 11) is 3.99. The van der Waals surface area contributed by atoms with Gasteiger partial charge in [-0.3, -0.25) is 0 Å². The molecule has 1 N–H and O–H groups in total. The molecule has 1 unspecified atom stereocenters. The van der Waals surface area contributed by atoms with Gasteiger partial charge >= 0.3 is 0 Å². The summed E-state index contributed by atoms with van der Waals surface area (Å²) in [6, 6.07) is 5.56. The summed E-state index contributed by atoms with van der Waals surface area (Å²) in [5.74, 6) is -0.147. The lowest BCUT2D eigenvalue weighted by Crippen LogP contribution is -2.42. The zero-order valence-corrected chi connectivity index (χ0v) is 9.26. The van der Waals surface area contributed by atoms with E-state index in [1.54, 1.807) is 12.1 Å². The lowest BCUT2D eigenvalue weighted by Gasteiger charge is -2.36. The van der Waals surface area contributed by atoms with Crippen LogP contribution in [0.2, 0.25) is 0 Å². The summed E-state index contributed by atoms with van der Waals surface area (Å²) >= 11 is 0. The normalized spacial score (nSPS) is 20.2. The Hall–Kier alpha value is -1.09. The van der Waals surface area contributed by atoms with Crippen LogP contribution in [-0.4, -0.2) is 26.7 Å². The van der Waals surface area contributed by atoms with Gasteiger partial charge in [0.1, 0.15) is 5.82 Å². The van der Waals surface area contributed by atoms with E-state index in [0.29, 0.717) is 6.04 Å². The molecule has 0 saturated heterocycles. The molecule has 1 aliphatic heterocycles. The highest BCUT2D eigenvalue weighted by Crippen LogP contribution is 2.29.